The van der Waals surface area contributed by atoms with E-state index >= 15 is 0 Å². The summed E-state index contributed by atoms with van der Waals surface area (Å²) in [6, 6.07) is 3.89. The summed E-state index contributed by atoms with van der Waals surface area (Å²) in [5.74, 6) is 1.39. The Morgan fingerprint density at radius 2 is 2.00 bits per heavy atom. The van der Waals surface area contributed by atoms with Crippen LogP contribution in [0.4, 0.5) is 0 Å². The number of aliphatic hydroxyl groups is 1. The Morgan fingerprint density at radius 1 is 1.19 bits per heavy atom. The standard InChI is InChI=1S/C23H30N2O6/c1-24(27)7-6-23-16-3-4-18(26)22(23)31-21-19(5-2-15(20(21)23)14-17(16)24)30-13-10-25(28)8-11-29-12-9-25/h2-5,16-18,22,26H,6-14H2,1H3/t16-,17+,18-,22-,23-,24+/m0/s1. The minimum Gasteiger partial charge on any atom is -0.633 e. The van der Waals surface area contributed by atoms with Gasteiger partial charge in [0.1, 0.15) is 38.4 Å². The van der Waals surface area contributed by atoms with Gasteiger partial charge in [-0.25, -0.2) is 0 Å². The van der Waals surface area contributed by atoms with Gasteiger partial charge in [-0.05, 0) is 11.6 Å². The van der Waals surface area contributed by atoms with Crippen LogP contribution >= 0.6 is 0 Å². The first-order valence-corrected chi connectivity index (χ1v) is 11.4. The molecule has 3 aliphatic heterocycles. The van der Waals surface area contributed by atoms with E-state index in [1.807, 2.05) is 6.07 Å². The normalized spacial score (nSPS) is 41.4. The molecular weight excluding hydrogens is 400 g/mol. The molecule has 6 rings (SSSR count). The summed E-state index contributed by atoms with van der Waals surface area (Å²) in [6.07, 6.45) is 4.12. The second kappa shape index (κ2) is 6.66. The summed E-state index contributed by atoms with van der Waals surface area (Å²) in [4.78, 5) is 0. The predicted octanol–water partition coefficient (Wildman–Crippen LogP) is 1.23. The molecule has 2 saturated heterocycles. The maximum Gasteiger partial charge on any atom is 0.166 e. The first kappa shape index (κ1) is 20.0. The molecule has 2 fully saturated rings. The fourth-order valence-electron chi connectivity index (χ4n) is 6.71. The van der Waals surface area contributed by atoms with Crippen LogP contribution in [0, 0.1) is 16.3 Å². The number of aliphatic hydroxyl groups excluding tert-OH is 1. The predicted molar refractivity (Wildman–Crippen MR) is 112 cm³/mol. The van der Waals surface area contributed by atoms with E-state index in [-0.39, 0.29) is 26.7 Å². The van der Waals surface area contributed by atoms with Crippen LogP contribution in [0.2, 0.25) is 0 Å². The number of likely N-dealkylation sites (tertiary alicyclic amines) is 1. The number of rotatable bonds is 4. The fourth-order valence-corrected chi connectivity index (χ4v) is 6.71. The van der Waals surface area contributed by atoms with Crippen molar-refractivity contribution in [2.24, 2.45) is 5.92 Å². The molecule has 1 N–H and O–H groups in total. The lowest BCUT2D eigenvalue weighted by molar-refractivity contribution is -0.898. The molecule has 168 valence electrons. The Balaban J connectivity index is 1.34. The van der Waals surface area contributed by atoms with Gasteiger partial charge in [-0.15, -0.1) is 0 Å². The van der Waals surface area contributed by atoms with E-state index < -0.39 is 12.2 Å². The molecule has 0 saturated carbocycles. The van der Waals surface area contributed by atoms with Gasteiger partial charge >= 0.3 is 0 Å². The molecule has 8 heteroatoms. The number of quaternary nitrogens is 2. The molecular formula is C23H30N2O6. The van der Waals surface area contributed by atoms with Gasteiger partial charge in [0, 0.05) is 24.3 Å². The second-order valence-corrected chi connectivity index (χ2v) is 10.0. The Hall–Kier alpha value is -1.68. The molecule has 1 aromatic rings. The summed E-state index contributed by atoms with van der Waals surface area (Å²) in [7, 11) is 1.78. The zero-order valence-electron chi connectivity index (χ0n) is 17.9. The summed E-state index contributed by atoms with van der Waals surface area (Å²) >= 11 is 0. The molecule has 1 spiro atoms. The molecule has 2 bridgehead atoms. The smallest absolute Gasteiger partial charge is 0.166 e. The average molecular weight is 431 g/mol. The average Bonchev–Trinajstić information content (AvgIpc) is 3.10. The van der Waals surface area contributed by atoms with Crippen molar-refractivity contribution in [2.45, 2.75) is 36.5 Å². The van der Waals surface area contributed by atoms with Crippen LogP contribution in [0.5, 0.6) is 11.5 Å². The number of piperidine rings is 1. The summed E-state index contributed by atoms with van der Waals surface area (Å²) in [5.41, 5.74) is 1.88. The first-order valence-electron chi connectivity index (χ1n) is 11.4. The highest BCUT2D eigenvalue weighted by Crippen LogP contribution is 2.63. The Bertz CT molecular complexity index is 927. The van der Waals surface area contributed by atoms with Gasteiger partial charge in [-0.2, -0.15) is 0 Å². The lowest BCUT2D eigenvalue weighted by Gasteiger charge is -2.61. The molecule has 8 nitrogen and oxygen atoms in total. The van der Waals surface area contributed by atoms with Gasteiger partial charge in [0.15, 0.2) is 11.5 Å². The number of nitrogens with zero attached hydrogens (tertiary/aromatic N) is 2. The number of hydrogen-bond donors (Lipinski definition) is 1. The number of hydrogen-bond acceptors (Lipinski definition) is 6. The third-order valence-corrected chi connectivity index (χ3v) is 8.40. The van der Waals surface area contributed by atoms with Crippen LogP contribution in [-0.4, -0.2) is 85.7 Å². The van der Waals surface area contributed by atoms with Gasteiger partial charge in [0.25, 0.3) is 0 Å². The Morgan fingerprint density at radius 3 is 2.81 bits per heavy atom. The molecule has 2 aliphatic carbocycles. The molecule has 0 unspecified atom stereocenters. The minimum absolute atomic E-state index is 0.0463. The van der Waals surface area contributed by atoms with Crippen LogP contribution in [-0.2, 0) is 16.6 Å². The molecule has 6 atom stereocenters. The lowest BCUT2D eigenvalue weighted by Crippen LogP contribution is -2.69. The molecule has 1 aromatic carbocycles. The van der Waals surface area contributed by atoms with E-state index in [0.29, 0.717) is 70.3 Å². The van der Waals surface area contributed by atoms with Crippen molar-refractivity contribution in [2.75, 3.05) is 53.0 Å². The summed E-state index contributed by atoms with van der Waals surface area (Å²) in [5, 5.41) is 36.8. The summed E-state index contributed by atoms with van der Waals surface area (Å²) < 4.78 is 17.3. The van der Waals surface area contributed by atoms with Crippen LogP contribution in [0.25, 0.3) is 0 Å². The van der Waals surface area contributed by atoms with Gasteiger partial charge in [-0.3, -0.25) is 0 Å². The number of likely N-dealkylation sites (N-methyl/N-ethyl adjacent to an activating group) is 1. The molecule has 0 radical (unpaired) electrons. The maximum atomic E-state index is 13.3. The molecule has 31 heavy (non-hydrogen) atoms. The van der Waals surface area contributed by atoms with Crippen molar-refractivity contribution in [3.63, 3.8) is 0 Å². The number of ether oxygens (including phenoxy) is 3. The van der Waals surface area contributed by atoms with Crippen molar-refractivity contribution in [1.29, 1.82) is 0 Å². The SMILES string of the molecule is C[N@@+]1([O-])CC[C@]23c4c5ccc(OCC[N+]6([O-])CCOCC6)c4O[C@H]2[C@@H](O)C=C[C@H]3[C@H]1C5. The third-order valence-electron chi connectivity index (χ3n) is 8.40. The van der Waals surface area contributed by atoms with E-state index in [2.05, 4.69) is 12.1 Å². The maximum absolute atomic E-state index is 13.3. The number of benzene rings is 1. The largest absolute Gasteiger partial charge is 0.633 e. The van der Waals surface area contributed by atoms with E-state index in [1.165, 1.54) is 0 Å². The highest BCUT2D eigenvalue weighted by molar-refractivity contribution is 5.61. The van der Waals surface area contributed by atoms with Crippen molar-refractivity contribution >= 4 is 0 Å². The van der Waals surface area contributed by atoms with Crippen LogP contribution in [0.15, 0.2) is 24.3 Å². The van der Waals surface area contributed by atoms with E-state index in [0.717, 1.165) is 11.1 Å². The van der Waals surface area contributed by atoms with E-state index in [9.17, 15) is 15.5 Å². The lowest BCUT2D eigenvalue weighted by atomic mass is 9.53. The van der Waals surface area contributed by atoms with Gasteiger partial charge in [0.2, 0.25) is 0 Å². The second-order valence-electron chi connectivity index (χ2n) is 10.0. The van der Waals surface area contributed by atoms with Crippen LogP contribution in [0.1, 0.15) is 17.5 Å². The quantitative estimate of drug-likeness (QED) is 0.439. The highest BCUT2D eigenvalue weighted by Gasteiger charge is 2.66. The van der Waals surface area contributed by atoms with Crippen molar-refractivity contribution in [3.05, 3.63) is 45.8 Å². The Kier molecular flexibility index (Phi) is 4.29. The molecule has 0 amide bonds. The van der Waals surface area contributed by atoms with Crippen molar-refractivity contribution in [3.8, 4) is 11.5 Å². The summed E-state index contributed by atoms with van der Waals surface area (Å²) in [6.45, 7) is 3.08. The zero-order valence-corrected chi connectivity index (χ0v) is 17.9. The number of morpholine rings is 1. The van der Waals surface area contributed by atoms with Gasteiger partial charge in [-0.1, -0.05) is 18.2 Å². The van der Waals surface area contributed by atoms with Gasteiger partial charge in [0.05, 0.1) is 38.3 Å². The zero-order chi connectivity index (χ0) is 21.4. The highest BCUT2D eigenvalue weighted by atomic mass is 16.6. The van der Waals surface area contributed by atoms with E-state index in [1.54, 1.807) is 13.1 Å². The van der Waals surface area contributed by atoms with E-state index in [4.69, 9.17) is 14.2 Å². The Labute approximate surface area is 181 Å². The van der Waals surface area contributed by atoms with Crippen molar-refractivity contribution in [1.82, 2.24) is 0 Å². The topological polar surface area (TPSA) is 94.0 Å². The first-order chi connectivity index (χ1) is 14.8. The van der Waals surface area contributed by atoms with Crippen molar-refractivity contribution < 1.29 is 28.6 Å². The molecule has 5 aliphatic rings. The van der Waals surface area contributed by atoms with Crippen LogP contribution in [0.3, 0.4) is 0 Å². The molecule has 0 aromatic heterocycles. The fraction of sp³-hybridized carbons (Fsp3) is 0.652. The van der Waals surface area contributed by atoms with Gasteiger partial charge < -0.3 is 39.0 Å². The third kappa shape index (κ3) is 2.76. The molecule has 3 heterocycles. The van der Waals surface area contributed by atoms with Crippen LogP contribution < -0.4 is 9.47 Å². The monoisotopic (exact) mass is 430 g/mol. The number of hydroxylamine groups is 6. The minimum atomic E-state index is -0.713.